The molecule has 1 aliphatic rings. The van der Waals surface area contributed by atoms with Crippen molar-refractivity contribution in [3.8, 4) is 5.75 Å². The van der Waals surface area contributed by atoms with Gasteiger partial charge in [0, 0.05) is 10.9 Å². The zero-order chi connectivity index (χ0) is 13.2. The van der Waals surface area contributed by atoms with Crippen molar-refractivity contribution >= 4 is 33.2 Å². The van der Waals surface area contributed by atoms with Gasteiger partial charge in [0.1, 0.15) is 11.9 Å². The maximum Gasteiger partial charge on any atom is 0.123 e. The summed E-state index contributed by atoms with van der Waals surface area (Å²) in [7, 11) is 0. The van der Waals surface area contributed by atoms with E-state index in [9.17, 15) is 0 Å². The molecule has 0 aromatic heterocycles. The Morgan fingerprint density at radius 2 is 2.11 bits per heavy atom. The first-order chi connectivity index (χ1) is 9.22. The van der Waals surface area contributed by atoms with Crippen LogP contribution >= 0.6 is 27.5 Å². The lowest BCUT2D eigenvalue weighted by atomic mass is 10.1. The maximum absolute atomic E-state index is 6.15. The molecule has 2 aromatic carbocycles. The van der Waals surface area contributed by atoms with Crippen LogP contribution in [0, 0.1) is 0 Å². The van der Waals surface area contributed by atoms with E-state index in [-0.39, 0.29) is 6.10 Å². The minimum absolute atomic E-state index is 0.160. The van der Waals surface area contributed by atoms with Gasteiger partial charge in [-0.15, -0.1) is 0 Å². The van der Waals surface area contributed by atoms with Crippen LogP contribution < -0.4 is 10.1 Å². The van der Waals surface area contributed by atoms with Crippen LogP contribution in [0.15, 0.2) is 46.9 Å². The van der Waals surface area contributed by atoms with Crippen LogP contribution in [0.5, 0.6) is 5.75 Å². The summed E-state index contributed by atoms with van der Waals surface area (Å²) in [4.78, 5) is 0. The van der Waals surface area contributed by atoms with Gasteiger partial charge in [-0.1, -0.05) is 45.7 Å². The van der Waals surface area contributed by atoms with Crippen LogP contribution in [0.4, 0.5) is 5.69 Å². The second-order valence-corrected chi connectivity index (χ2v) is 5.88. The second kappa shape index (κ2) is 5.43. The lowest BCUT2D eigenvalue weighted by molar-refractivity contribution is 0.246. The van der Waals surface area contributed by atoms with Crippen molar-refractivity contribution in [3.05, 3.63) is 57.5 Å². The number of rotatable bonds is 3. The summed E-state index contributed by atoms with van der Waals surface area (Å²) >= 11 is 9.59. The molecule has 1 atom stereocenters. The van der Waals surface area contributed by atoms with Gasteiger partial charge >= 0.3 is 0 Å². The molecule has 0 bridgehead atoms. The summed E-state index contributed by atoms with van der Waals surface area (Å²) < 4.78 is 6.89. The van der Waals surface area contributed by atoms with Gasteiger partial charge in [-0.25, -0.2) is 0 Å². The Morgan fingerprint density at radius 3 is 2.95 bits per heavy atom. The Bertz CT molecular complexity index is 577. The van der Waals surface area contributed by atoms with Crippen molar-refractivity contribution in [2.45, 2.75) is 12.5 Å². The van der Waals surface area contributed by atoms with E-state index in [0.29, 0.717) is 0 Å². The molecule has 4 heteroatoms. The molecule has 3 rings (SSSR count). The Labute approximate surface area is 125 Å². The Morgan fingerprint density at radius 1 is 1.26 bits per heavy atom. The Balaban J connectivity index is 1.64. The largest absolute Gasteiger partial charge is 0.488 e. The highest BCUT2D eigenvalue weighted by molar-refractivity contribution is 9.10. The standard InChI is InChI=1S/C15H13BrClNO/c16-11-5-6-13(17)14(8-11)18-9-12-7-10-3-1-2-4-15(10)19-12/h1-6,8,12,18H,7,9H2. The van der Waals surface area contributed by atoms with E-state index >= 15 is 0 Å². The third-order valence-electron chi connectivity index (χ3n) is 3.16. The van der Waals surface area contributed by atoms with Crippen molar-refractivity contribution in [2.24, 2.45) is 0 Å². The quantitative estimate of drug-likeness (QED) is 0.888. The molecule has 0 spiro atoms. The first-order valence-corrected chi connectivity index (χ1v) is 7.33. The number of hydrogen-bond donors (Lipinski definition) is 1. The molecule has 1 N–H and O–H groups in total. The fourth-order valence-electron chi connectivity index (χ4n) is 2.22. The highest BCUT2D eigenvalue weighted by atomic mass is 79.9. The van der Waals surface area contributed by atoms with E-state index in [1.165, 1.54) is 5.56 Å². The van der Waals surface area contributed by atoms with Crippen molar-refractivity contribution < 1.29 is 4.74 Å². The van der Waals surface area contributed by atoms with Crippen molar-refractivity contribution in [2.75, 3.05) is 11.9 Å². The third kappa shape index (κ3) is 2.88. The fraction of sp³-hybridized carbons (Fsp3) is 0.200. The second-order valence-electron chi connectivity index (χ2n) is 4.56. The number of para-hydroxylation sites is 1. The molecule has 98 valence electrons. The van der Waals surface area contributed by atoms with Crippen molar-refractivity contribution in [1.82, 2.24) is 0 Å². The van der Waals surface area contributed by atoms with Gasteiger partial charge in [-0.2, -0.15) is 0 Å². The molecule has 0 amide bonds. The first kappa shape index (κ1) is 12.8. The lowest BCUT2D eigenvalue weighted by Crippen LogP contribution is -2.24. The summed E-state index contributed by atoms with van der Waals surface area (Å²) in [5.41, 5.74) is 2.20. The van der Waals surface area contributed by atoms with E-state index in [1.807, 2.05) is 36.4 Å². The van der Waals surface area contributed by atoms with Gasteiger partial charge in [-0.05, 0) is 29.8 Å². The van der Waals surface area contributed by atoms with Gasteiger partial charge < -0.3 is 10.1 Å². The molecule has 0 saturated carbocycles. The van der Waals surface area contributed by atoms with Crippen LogP contribution in [0.2, 0.25) is 5.02 Å². The van der Waals surface area contributed by atoms with Gasteiger partial charge in [-0.3, -0.25) is 0 Å². The highest BCUT2D eigenvalue weighted by Crippen LogP contribution is 2.29. The smallest absolute Gasteiger partial charge is 0.123 e. The average molecular weight is 339 g/mol. The minimum atomic E-state index is 0.160. The first-order valence-electron chi connectivity index (χ1n) is 6.16. The highest BCUT2D eigenvalue weighted by Gasteiger charge is 2.22. The van der Waals surface area contributed by atoms with E-state index in [4.69, 9.17) is 16.3 Å². The summed E-state index contributed by atoms with van der Waals surface area (Å²) in [6.45, 7) is 0.741. The summed E-state index contributed by atoms with van der Waals surface area (Å²) in [5.74, 6) is 0.995. The summed E-state index contributed by atoms with van der Waals surface area (Å²) in [6.07, 6.45) is 1.10. The molecule has 0 fully saturated rings. The van der Waals surface area contributed by atoms with E-state index in [1.54, 1.807) is 0 Å². The molecular weight excluding hydrogens is 326 g/mol. The van der Waals surface area contributed by atoms with Gasteiger partial charge in [0.15, 0.2) is 0 Å². The Hall–Kier alpha value is -1.19. The lowest BCUT2D eigenvalue weighted by Gasteiger charge is -2.14. The van der Waals surface area contributed by atoms with Crippen LogP contribution in [-0.4, -0.2) is 12.6 Å². The monoisotopic (exact) mass is 337 g/mol. The van der Waals surface area contributed by atoms with Crippen molar-refractivity contribution in [3.63, 3.8) is 0 Å². The van der Waals surface area contributed by atoms with Gasteiger partial charge in [0.05, 0.1) is 17.3 Å². The number of fused-ring (bicyclic) bond motifs is 1. The van der Waals surface area contributed by atoms with Crippen LogP contribution in [0.3, 0.4) is 0 Å². The average Bonchev–Trinajstić information content (AvgIpc) is 2.82. The number of ether oxygens (including phenoxy) is 1. The topological polar surface area (TPSA) is 21.3 Å². The normalized spacial score (nSPS) is 16.8. The molecule has 0 saturated heterocycles. The zero-order valence-corrected chi connectivity index (χ0v) is 12.5. The number of nitrogens with one attached hydrogen (secondary N) is 1. The van der Waals surface area contributed by atoms with E-state index < -0.39 is 0 Å². The molecule has 1 heterocycles. The van der Waals surface area contributed by atoms with Crippen LogP contribution in [-0.2, 0) is 6.42 Å². The third-order valence-corrected chi connectivity index (χ3v) is 3.99. The molecule has 19 heavy (non-hydrogen) atoms. The number of anilines is 1. The van der Waals surface area contributed by atoms with Gasteiger partial charge in [0.25, 0.3) is 0 Å². The van der Waals surface area contributed by atoms with Crippen molar-refractivity contribution in [1.29, 1.82) is 0 Å². The fourth-order valence-corrected chi connectivity index (χ4v) is 2.77. The zero-order valence-electron chi connectivity index (χ0n) is 10.2. The van der Waals surface area contributed by atoms with Crippen LogP contribution in [0.25, 0.3) is 0 Å². The molecule has 2 aromatic rings. The molecular formula is C15H13BrClNO. The summed E-state index contributed by atoms with van der Waals surface area (Å²) in [5, 5.41) is 4.06. The predicted molar refractivity (Wildman–Crippen MR) is 82.2 cm³/mol. The molecule has 0 aliphatic carbocycles. The summed E-state index contributed by atoms with van der Waals surface area (Å²) in [6, 6.07) is 13.9. The van der Waals surface area contributed by atoms with E-state index in [2.05, 4.69) is 27.3 Å². The molecule has 0 radical (unpaired) electrons. The molecule has 1 unspecified atom stereocenters. The predicted octanol–water partition coefficient (Wildman–Crippen LogP) is 4.52. The number of halogens is 2. The van der Waals surface area contributed by atoms with Gasteiger partial charge in [0.2, 0.25) is 0 Å². The number of hydrogen-bond acceptors (Lipinski definition) is 2. The SMILES string of the molecule is Clc1ccc(Br)cc1NCC1Cc2ccccc2O1. The maximum atomic E-state index is 6.15. The minimum Gasteiger partial charge on any atom is -0.488 e. The van der Waals surface area contributed by atoms with Crippen LogP contribution in [0.1, 0.15) is 5.56 Å². The van der Waals surface area contributed by atoms with E-state index in [0.717, 1.165) is 33.9 Å². The Kier molecular flexibility index (Phi) is 3.67. The number of benzene rings is 2. The molecule has 1 aliphatic heterocycles. The molecule has 2 nitrogen and oxygen atoms in total.